The Morgan fingerprint density at radius 2 is 2.00 bits per heavy atom. The lowest BCUT2D eigenvalue weighted by atomic mass is 10.1. The van der Waals surface area contributed by atoms with E-state index in [1.165, 1.54) is 0 Å². The number of rotatable bonds is 4. The molecular weight excluding hydrogens is 280 g/mol. The summed E-state index contributed by atoms with van der Waals surface area (Å²) in [5.74, 6) is 0.313. The quantitative estimate of drug-likeness (QED) is 0.734. The van der Waals surface area contributed by atoms with Crippen molar-refractivity contribution in [3.8, 4) is 16.3 Å². The fraction of sp³-hybridized carbons (Fsp3) is 0.118. The summed E-state index contributed by atoms with van der Waals surface area (Å²) in [5.41, 5.74) is 3.00. The van der Waals surface area contributed by atoms with Crippen LogP contribution in [0.4, 0.5) is 5.69 Å². The molecule has 0 bridgehead atoms. The topological polar surface area (TPSA) is 45.2 Å². The van der Waals surface area contributed by atoms with Crippen LogP contribution in [0, 0.1) is 0 Å². The van der Waals surface area contributed by atoms with Crippen LogP contribution >= 0.6 is 11.3 Å². The van der Waals surface area contributed by atoms with E-state index in [1.807, 2.05) is 48.8 Å². The fourth-order valence-corrected chi connectivity index (χ4v) is 2.92. The van der Waals surface area contributed by atoms with Crippen LogP contribution in [0.15, 0.2) is 60.1 Å². The van der Waals surface area contributed by atoms with Crippen molar-refractivity contribution in [1.82, 2.24) is 4.98 Å². The number of phenolic OH excluding ortho intramolecular Hbond substituents is 1. The molecule has 3 nitrogen and oxygen atoms in total. The highest BCUT2D eigenvalue weighted by Crippen LogP contribution is 2.29. The second-order valence-corrected chi connectivity index (χ2v) is 5.74. The Labute approximate surface area is 127 Å². The predicted molar refractivity (Wildman–Crippen MR) is 87.7 cm³/mol. The minimum Gasteiger partial charge on any atom is -0.508 e. The van der Waals surface area contributed by atoms with Gasteiger partial charge in [0.15, 0.2) is 0 Å². The van der Waals surface area contributed by atoms with Crippen LogP contribution in [-0.4, -0.2) is 10.1 Å². The Bertz CT molecular complexity index is 725. The van der Waals surface area contributed by atoms with Gasteiger partial charge in [-0.05, 0) is 25.1 Å². The highest BCUT2D eigenvalue weighted by molar-refractivity contribution is 7.13. The number of nitrogens with one attached hydrogen (secondary N) is 1. The van der Waals surface area contributed by atoms with Gasteiger partial charge in [-0.2, -0.15) is 0 Å². The van der Waals surface area contributed by atoms with Crippen LogP contribution < -0.4 is 5.32 Å². The number of phenols is 1. The number of thiazole rings is 1. The molecule has 3 aromatic rings. The smallest absolute Gasteiger partial charge is 0.123 e. The summed E-state index contributed by atoms with van der Waals surface area (Å²) in [5, 5.41) is 16.3. The average Bonchev–Trinajstić information content (AvgIpc) is 3.02. The van der Waals surface area contributed by atoms with Crippen molar-refractivity contribution in [2.45, 2.75) is 13.0 Å². The van der Waals surface area contributed by atoms with Crippen molar-refractivity contribution in [2.75, 3.05) is 5.32 Å². The van der Waals surface area contributed by atoms with Gasteiger partial charge in [0.05, 0.1) is 6.04 Å². The standard InChI is InChI=1S/C17H16N2OS/c1-12(15-7-2-3-8-16(15)20)19-14-6-4-5-13(11-14)17-18-9-10-21-17/h2-12,19-20H,1H3. The van der Waals surface area contributed by atoms with Gasteiger partial charge < -0.3 is 10.4 Å². The van der Waals surface area contributed by atoms with Crippen molar-refractivity contribution < 1.29 is 5.11 Å². The molecule has 2 aromatic carbocycles. The molecule has 1 unspecified atom stereocenters. The van der Waals surface area contributed by atoms with Gasteiger partial charge in [-0.15, -0.1) is 11.3 Å². The molecule has 0 spiro atoms. The first-order valence-electron chi connectivity index (χ1n) is 6.78. The van der Waals surface area contributed by atoms with Crippen LogP contribution in [0.2, 0.25) is 0 Å². The number of aromatic hydroxyl groups is 1. The van der Waals surface area contributed by atoms with Crippen LogP contribution in [0.25, 0.3) is 10.6 Å². The largest absolute Gasteiger partial charge is 0.508 e. The van der Waals surface area contributed by atoms with Gasteiger partial charge in [0.2, 0.25) is 0 Å². The molecule has 1 heterocycles. The third kappa shape index (κ3) is 3.06. The molecule has 1 aromatic heterocycles. The monoisotopic (exact) mass is 296 g/mol. The number of hydrogen-bond donors (Lipinski definition) is 2. The highest BCUT2D eigenvalue weighted by Gasteiger charge is 2.10. The lowest BCUT2D eigenvalue weighted by Gasteiger charge is -2.17. The van der Waals surface area contributed by atoms with E-state index in [-0.39, 0.29) is 6.04 Å². The van der Waals surface area contributed by atoms with E-state index in [9.17, 15) is 5.11 Å². The number of hydrogen-bond acceptors (Lipinski definition) is 4. The Hall–Kier alpha value is -2.33. The van der Waals surface area contributed by atoms with E-state index in [1.54, 1.807) is 17.4 Å². The Balaban J connectivity index is 1.82. The normalized spacial score (nSPS) is 12.0. The molecule has 3 rings (SSSR count). The summed E-state index contributed by atoms with van der Waals surface area (Å²) in [6, 6.07) is 15.6. The van der Waals surface area contributed by atoms with Gasteiger partial charge in [0.1, 0.15) is 10.8 Å². The number of benzene rings is 2. The van der Waals surface area contributed by atoms with Gasteiger partial charge in [-0.3, -0.25) is 0 Å². The summed E-state index contributed by atoms with van der Waals surface area (Å²) >= 11 is 1.62. The summed E-state index contributed by atoms with van der Waals surface area (Å²) in [6.45, 7) is 2.03. The first kappa shape index (κ1) is 13.6. The number of nitrogens with zero attached hydrogens (tertiary/aromatic N) is 1. The van der Waals surface area contributed by atoms with Crippen molar-refractivity contribution in [2.24, 2.45) is 0 Å². The third-order valence-corrected chi connectivity index (χ3v) is 4.15. The Morgan fingerprint density at radius 3 is 2.76 bits per heavy atom. The Kier molecular flexibility index (Phi) is 3.88. The molecule has 0 radical (unpaired) electrons. The molecule has 0 saturated heterocycles. The molecule has 2 N–H and O–H groups in total. The van der Waals surface area contributed by atoms with E-state index in [0.29, 0.717) is 5.75 Å². The summed E-state index contributed by atoms with van der Waals surface area (Å²) in [7, 11) is 0. The second-order valence-electron chi connectivity index (χ2n) is 4.84. The highest BCUT2D eigenvalue weighted by atomic mass is 32.1. The average molecular weight is 296 g/mol. The van der Waals surface area contributed by atoms with E-state index in [4.69, 9.17) is 0 Å². The minimum absolute atomic E-state index is 0.0257. The second kappa shape index (κ2) is 5.97. The van der Waals surface area contributed by atoms with Crippen LogP contribution in [0.1, 0.15) is 18.5 Å². The fourth-order valence-electron chi connectivity index (χ4n) is 2.29. The summed E-state index contributed by atoms with van der Waals surface area (Å²) < 4.78 is 0. The van der Waals surface area contributed by atoms with Crippen molar-refractivity contribution in [1.29, 1.82) is 0 Å². The molecule has 21 heavy (non-hydrogen) atoms. The van der Waals surface area contributed by atoms with Crippen molar-refractivity contribution in [3.05, 3.63) is 65.7 Å². The zero-order chi connectivity index (χ0) is 14.7. The van der Waals surface area contributed by atoms with E-state index in [0.717, 1.165) is 21.8 Å². The molecule has 0 amide bonds. The van der Waals surface area contributed by atoms with Gasteiger partial charge in [0.25, 0.3) is 0 Å². The van der Waals surface area contributed by atoms with E-state index in [2.05, 4.69) is 22.4 Å². The van der Waals surface area contributed by atoms with Crippen molar-refractivity contribution in [3.63, 3.8) is 0 Å². The molecule has 4 heteroatoms. The maximum atomic E-state index is 9.92. The van der Waals surface area contributed by atoms with Crippen molar-refractivity contribution >= 4 is 17.0 Å². The van der Waals surface area contributed by atoms with Gasteiger partial charge in [-0.25, -0.2) is 4.98 Å². The van der Waals surface area contributed by atoms with E-state index < -0.39 is 0 Å². The number of para-hydroxylation sites is 1. The van der Waals surface area contributed by atoms with Gasteiger partial charge >= 0.3 is 0 Å². The molecular formula is C17H16N2OS. The van der Waals surface area contributed by atoms with Gasteiger partial charge in [-0.1, -0.05) is 30.3 Å². The van der Waals surface area contributed by atoms with Crippen LogP contribution in [0.3, 0.4) is 0 Å². The Morgan fingerprint density at radius 1 is 1.14 bits per heavy atom. The number of anilines is 1. The maximum Gasteiger partial charge on any atom is 0.123 e. The lowest BCUT2D eigenvalue weighted by molar-refractivity contribution is 0.465. The zero-order valence-electron chi connectivity index (χ0n) is 11.7. The zero-order valence-corrected chi connectivity index (χ0v) is 12.5. The van der Waals surface area contributed by atoms with Gasteiger partial charge in [0, 0.05) is 28.4 Å². The maximum absolute atomic E-state index is 9.92. The third-order valence-electron chi connectivity index (χ3n) is 3.33. The summed E-state index contributed by atoms with van der Waals surface area (Å²) in [4.78, 5) is 4.33. The van der Waals surface area contributed by atoms with Crippen LogP contribution in [0.5, 0.6) is 5.75 Å². The molecule has 0 aliphatic carbocycles. The molecule has 0 aliphatic heterocycles. The SMILES string of the molecule is CC(Nc1cccc(-c2nccs2)c1)c1ccccc1O. The minimum atomic E-state index is 0.0257. The molecule has 0 aliphatic rings. The van der Waals surface area contributed by atoms with E-state index >= 15 is 0 Å². The molecule has 0 saturated carbocycles. The summed E-state index contributed by atoms with van der Waals surface area (Å²) in [6.07, 6.45) is 1.81. The molecule has 106 valence electrons. The molecule has 0 fully saturated rings. The first-order valence-corrected chi connectivity index (χ1v) is 7.66. The first-order chi connectivity index (χ1) is 10.2. The van der Waals surface area contributed by atoms with Crippen LogP contribution in [-0.2, 0) is 0 Å². The predicted octanol–water partition coefficient (Wildman–Crippen LogP) is 4.69. The molecule has 1 atom stereocenters. The lowest BCUT2D eigenvalue weighted by Crippen LogP contribution is -2.06. The number of aromatic nitrogens is 1.